The fraction of sp³-hybridized carbons (Fsp3) is 0.400. The topological polar surface area (TPSA) is 85.8 Å². The molecule has 3 aromatic rings. The predicted molar refractivity (Wildman–Crippen MR) is 127 cm³/mol. The lowest BCUT2D eigenvalue weighted by molar-refractivity contribution is 0.0944. The molecule has 4 rings (SSSR count). The minimum absolute atomic E-state index is 0.178. The van der Waals surface area contributed by atoms with Gasteiger partial charge in [-0.15, -0.1) is 0 Å². The molecule has 0 unspecified atom stereocenters. The molecule has 0 bridgehead atoms. The Morgan fingerprint density at radius 1 is 1.03 bits per heavy atom. The molecule has 0 atom stereocenters. The number of carbonyl (C=O) groups excluding carboxylic acids is 1. The van der Waals surface area contributed by atoms with E-state index < -0.39 is 0 Å². The second-order valence-electron chi connectivity index (χ2n) is 7.64. The number of morpholine rings is 1. The van der Waals surface area contributed by atoms with Crippen LogP contribution in [0.4, 0.5) is 5.82 Å². The van der Waals surface area contributed by atoms with E-state index in [9.17, 15) is 4.79 Å². The van der Waals surface area contributed by atoms with Crippen molar-refractivity contribution in [1.82, 2.24) is 15.3 Å². The number of carbonyl (C=O) groups is 1. The van der Waals surface area contributed by atoms with Crippen molar-refractivity contribution in [1.29, 1.82) is 0 Å². The summed E-state index contributed by atoms with van der Waals surface area (Å²) in [7, 11) is 0. The summed E-state index contributed by atoms with van der Waals surface area (Å²) in [6, 6.07) is 13.6. The van der Waals surface area contributed by atoms with E-state index >= 15 is 0 Å². The highest BCUT2D eigenvalue weighted by molar-refractivity contribution is 5.96. The summed E-state index contributed by atoms with van der Waals surface area (Å²) >= 11 is 0. The number of para-hydroxylation sites is 1. The van der Waals surface area contributed by atoms with Gasteiger partial charge in [-0.1, -0.05) is 18.2 Å². The first-order valence-corrected chi connectivity index (χ1v) is 11.5. The lowest BCUT2D eigenvalue weighted by atomic mass is 10.1. The average molecular weight is 451 g/mol. The maximum atomic E-state index is 12.9. The van der Waals surface area contributed by atoms with Gasteiger partial charge >= 0.3 is 0 Å². The summed E-state index contributed by atoms with van der Waals surface area (Å²) in [5.74, 6) is 2.12. The molecule has 1 aliphatic heterocycles. The number of aromatic nitrogens is 2. The van der Waals surface area contributed by atoms with E-state index in [1.807, 2.05) is 56.3 Å². The van der Waals surface area contributed by atoms with Crippen LogP contribution in [-0.4, -0.2) is 61.9 Å². The number of nitrogens with one attached hydrogen (secondary N) is 1. The molecule has 0 spiro atoms. The van der Waals surface area contributed by atoms with E-state index in [2.05, 4.69) is 20.2 Å². The van der Waals surface area contributed by atoms with Crippen molar-refractivity contribution in [2.24, 2.45) is 0 Å². The maximum Gasteiger partial charge on any atom is 0.289 e. The number of benzene rings is 2. The lowest BCUT2D eigenvalue weighted by Crippen LogP contribution is -2.37. The van der Waals surface area contributed by atoms with Gasteiger partial charge in [0.25, 0.3) is 5.91 Å². The van der Waals surface area contributed by atoms with E-state index in [0.717, 1.165) is 46.9 Å². The van der Waals surface area contributed by atoms with Crippen LogP contribution in [-0.2, 0) is 11.2 Å². The minimum atomic E-state index is -0.286. The Bertz CT molecular complexity index is 1100. The van der Waals surface area contributed by atoms with Gasteiger partial charge < -0.3 is 24.4 Å². The van der Waals surface area contributed by atoms with Crippen molar-refractivity contribution < 1.29 is 19.0 Å². The van der Waals surface area contributed by atoms with Gasteiger partial charge in [-0.05, 0) is 50.1 Å². The summed E-state index contributed by atoms with van der Waals surface area (Å²) in [6.45, 7) is 8.25. The molecule has 1 aliphatic rings. The van der Waals surface area contributed by atoms with Crippen LogP contribution in [0.1, 0.15) is 30.0 Å². The molecule has 2 heterocycles. The predicted octanol–water partition coefficient (Wildman–Crippen LogP) is 3.24. The number of ether oxygens (including phenoxy) is 3. The highest BCUT2D eigenvalue weighted by atomic mass is 16.5. The van der Waals surface area contributed by atoms with E-state index in [0.29, 0.717) is 39.4 Å². The Labute approximate surface area is 193 Å². The Morgan fingerprint density at radius 3 is 2.58 bits per heavy atom. The smallest absolute Gasteiger partial charge is 0.289 e. The zero-order valence-electron chi connectivity index (χ0n) is 19.2. The van der Waals surface area contributed by atoms with Crippen molar-refractivity contribution in [3.05, 3.63) is 53.9 Å². The van der Waals surface area contributed by atoms with Crippen LogP contribution in [0.25, 0.3) is 10.9 Å². The highest BCUT2D eigenvalue weighted by Gasteiger charge is 2.19. The number of anilines is 1. The van der Waals surface area contributed by atoms with Crippen LogP contribution in [0, 0.1) is 0 Å². The van der Waals surface area contributed by atoms with Gasteiger partial charge in [-0.3, -0.25) is 4.79 Å². The SMILES string of the molecule is CCOc1ccc(CCNC(=O)c2nc(N3CCOCC3)c3ccccc3n2)cc1OCC. The van der Waals surface area contributed by atoms with E-state index in [-0.39, 0.29) is 11.7 Å². The third-order valence-electron chi connectivity index (χ3n) is 5.40. The lowest BCUT2D eigenvalue weighted by Gasteiger charge is -2.28. The van der Waals surface area contributed by atoms with E-state index in [1.165, 1.54) is 0 Å². The standard InChI is InChI=1S/C25H30N4O4/c1-3-32-21-10-9-18(17-22(21)33-4-2)11-12-26-25(30)23-27-20-8-6-5-7-19(20)24(28-23)29-13-15-31-16-14-29/h5-10,17H,3-4,11-16H2,1-2H3,(H,26,30). The fourth-order valence-electron chi connectivity index (χ4n) is 3.83. The molecular formula is C25H30N4O4. The van der Waals surface area contributed by atoms with Gasteiger partial charge in [-0.25, -0.2) is 9.97 Å². The maximum absolute atomic E-state index is 12.9. The quantitative estimate of drug-likeness (QED) is 0.536. The number of fused-ring (bicyclic) bond motifs is 1. The van der Waals surface area contributed by atoms with Crippen molar-refractivity contribution >= 4 is 22.6 Å². The first-order valence-electron chi connectivity index (χ1n) is 11.5. The Balaban J connectivity index is 1.46. The molecule has 2 aromatic carbocycles. The first-order chi connectivity index (χ1) is 16.2. The molecule has 174 valence electrons. The van der Waals surface area contributed by atoms with Gasteiger partial charge in [-0.2, -0.15) is 0 Å². The van der Waals surface area contributed by atoms with Crippen molar-refractivity contribution in [2.45, 2.75) is 20.3 Å². The molecule has 1 saturated heterocycles. The zero-order chi connectivity index (χ0) is 23.0. The van der Waals surface area contributed by atoms with Crippen molar-refractivity contribution in [2.75, 3.05) is 51.0 Å². The molecule has 1 N–H and O–H groups in total. The molecular weight excluding hydrogens is 420 g/mol. The molecule has 8 heteroatoms. The van der Waals surface area contributed by atoms with Crippen molar-refractivity contribution in [3.8, 4) is 11.5 Å². The van der Waals surface area contributed by atoms with Crippen LogP contribution < -0.4 is 19.7 Å². The fourth-order valence-corrected chi connectivity index (χ4v) is 3.83. The summed E-state index contributed by atoms with van der Waals surface area (Å²) in [4.78, 5) is 24.2. The molecule has 1 aromatic heterocycles. The van der Waals surface area contributed by atoms with E-state index in [1.54, 1.807) is 0 Å². The number of amides is 1. The summed E-state index contributed by atoms with van der Waals surface area (Å²) in [5.41, 5.74) is 1.81. The zero-order valence-corrected chi connectivity index (χ0v) is 19.2. The van der Waals surface area contributed by atoms with E-state index in [4.69, 9.17) is 14.2 Å². The molecule has 0 saturated carbocycles. The normalized spacial score (nSPS) is 13.7. The van der Waals surface area contributed by atoms with Crippen LogP contribution in [0.2, 0.25) is 0 Å². The van der Waals surface area contributed by atoms with Crippen LogP contribution in [0.3, 0.4) is 0 Å². The van der Waals surface area contributed by atoms with Gasteiger partial charge in [0.15, 0.2) is 11.5 Å². The second-order valence-corrected chi connectivity index (χ2v) is 7.64. The van der Waals surface area contributed by atoms with Crippen LogP contribution in [0.5, 0.6) is 11.5 Å². The average Bonchev–Trinajstić information content (AvgIpc) is 2.85. The molecule has 0 aliphatic carbocycles. The number of hydrogen-bond acceptors (Lipinski definition) is 7. The molecule has 1 amide bonds. The Morgan fingerprint density at radius 2 is 1.79 bits per heavy atom. The van der Waals surface area contributed by atoms with Gasteiger partial charge in [0.1, 0.15) is 5.82 Å². The Hall–Kier alpha value is -3.39. The minimum Gasteiger partial charge on any atom is -0.490 e. The number of rotatable bonds is 9. The monoisotopic (exact) mass is 450 g/mol. The molecule has 33 heavy (non-hydrogen) atoms. The summed E-state index contributed by atoms with van der Waals surface area (Å²) < 4.78 is 16.8. The summed E-state index contributed by atoms with van der Waals surface area (Å²) in [5, 5.41) is 3.89. The highest BCUT2D eigenvalue weighted by Crippen LogP contribution is 2.29. The van der Waals surface area contributed by atoms with Gasteiger partial charge in [0.05, 0.1) is 31.9 Å². The van der Waals surface area contributed by atoms with Gasteiger partial charge in [0, 0.05) is 25.0 Å². The molecule has 0 radical (unpaired) electrons. The number of hydrogen-bond donors (Lipinski definition) is 1. The second kappa shape index (κ2) is 11.0. The van der Waals surface area contributed by atoms with Gasteiger partial charge in [0.2, 0.25) is 5.82 Å². The first kappa shape index (κ1) is 22.8. The molecule has 8 nitrogen and oxygen atoms in total. The molecule has 1 fully saturated rings. The Kier molecular flexibility index (Phi) is 7.57. The van der Waals surface area contributed by atoms with Crippen molar-refractivity contribution in [3.63, 3.8) is 0 Å². The summed E-state index contributed by atoms with van der Waals surface area (Å²) in [6.07, 6.45) is 0.655. The van der Waals surface area contributed by atoms with Crippen LogP contribution >= 0.6 is 0 Å². The third-order valence-corrected chi connectivity index (χ3v) is 5.40. The largest absolute Gasteiger partial charge is 0.490 e. The third kappa shape index (κ3) is 5.51. The van der Waals surface area contributed by atoms with Crippen LogP contribution in [0.15, 0.2) is 42.5 Å². The number of nitrogens with zero attached hydrogens (tertiary/aromatic N) is 3.